The molecule has 2 N–H and O–H groups in total. The van der Waals surface area contributed by atoms with Gasteiger partial charge in [-0.25, -0.2) is 0 Å². The lowest BCUT2D eigenvalue weighted by molar-refractivity contribution is 0.415. The van der Waals surface area contributed by atoms with Crippen molar-refractivity contribution in [1.29, 1.82) is 0 Å². The molecule has 4 rings (SSSR count). The van der Waals surface area contributed by atoms with E-state index in [1.807, 2.05) is 18.2 Å². The second-order valence-corrected chi connectivity index (χ2v) is 7.76. The number of rotatable bonds is 5. The van der Waals surface area contributed by atoms with E-state index in [4.69, 9.17) is 15.5 Å². The fourth-order valence-corrected chi connectivity index (χ4v) is 3.99. The van der Waals surface area contributed by atoms with E-state index >= 15 is 0 Å². The van der Waals surface area contributed by atoms with Crippen LogP contribution in [0.4, 0.5) is 0 Å². The first-order chi connectivity index (χ1) is 13.6. The summed E-state index contributed by atoms with van der Waals surface area (Å²) in [7, 11) is 1.70. The highest BCUT2D eigenvalue weighted by Crippen LogP contribution is 2.31. The van der Waals surface area contributed by atoms with Crippen LogP contribution in [0.5, 0.6) is 5.75 Å². The van der Waals surface area contributed by atoms with Crippen molar-refractivity contribution in [1.82, 2.24) is 0 Å². The molecule has 3 nitrogen and oxygen atoms in total. The minimum absolute atomic E-state index is 0.162. The standard InChI is InChI=1S/C25H26N2O/c1-25(17-21-8-3-4-12-23(21)24(26)27-25)14-13-18-7-5-9-19(15-18)20-10-6-11-22(16-20)28-2/h3-12,15-16H,13-14,17H2,1-2H3,(H2,26,27). The number of nitrogens with zero attached hydrogens (tertiary/aromatic N) is 1. The summed E-state index contributed by atoms with van der Waals surface area (Å²) in [6.45, 7) is 2.21. The summed E-state index contributed by atoms with van der Waals surface area (Å²) in [5, 5.41) is 0. The molecule has 0 aliphatic carbocycles. The number of aliphatic imine (C=N–C) groups is 1. The van der Waals surface area contributed by atoms with Crippen LogP contribution in [0.3, 0.4) is 0 Å². The Balaban J connectivity index is 1.52. The first-order valence-electron chi connectivity index (χ1n) is 9.73. The van der Waals surface area contributed by atoms with Gasteiger partial charge in [-0.3, -0.25) is 4.99 Å². The highest BCUT2D eigenvalue weighted by atomic mass is 16.5. The molecule has 142 valence electrons. The van der Waals surface area contributed by atoms with Gasteiger partial charge in [0.15, 0.2) is 0 Å². The predicted molar refractivity (Wildman–Crippen MR) is 116 cm³/mol. The predicted octanol–water partition coefficient (Wildman–Crippen LogP) is 5.02. The Bertz CT molecular complexity index is 1020. The van der Waals surface area contributed by atoms with E-state index in [9.17, 15) is 0 Å². The van der Waals surface area contributed by atoms with E-state index in [0.717, 1.165) is 30.6 Å². The van der Waals surface area contributed by atoms with Gasteiger partial charge in [-0.1, -0.05) is 60.7 Å². The summed E-state index contributed by atoms with van der Waals surface area (Å²) in [4.78, 5) is 4.85. The van der Waals surface area contributed by atoms with Gasteiger partial charge in [-0.05, 0) is 60.6 Å². The first kappa shape index (κ1) is 18.3. The summed E-state index contributed by atoms with van der Waals surface area (Å²) >= 11 is 0. The third kappa shape index (κ3) is 3.79. The quantitative estimate of drug-likeness (QED) is 0.686. The molecule has 3 heteroatoms. The second kappa shape index (κ2) is 7.51. The van der Waals surface area contributed by atoms with Gasteiger partial charge >= 0.3 is 0 Å². The summed E-state index contributed by atoms with van der Waals surface area (Å²) < 4.78 is 5.36. The molecule has 1 atom stereocenters. The topological polar surface area (TPSA) is 47.6 Å². The van der Waals surface area contributed by atoms with Crippen LogP contribution in [-0.4, -0.2) is 18.5 Å². The summed E-state index contributed by atoms with van der Waals surface area (Å²) in [6.07, 6.45) is 2.86. The molecule has 28 heavy (non-hydrogen) atoms. The summed E-state index contributed by atoms with van der Waals surface area (Å²) in [5.41, 5.74) is 12.2. The maximum Gasteiger partial charge on any atom is 0.126 e. The number of hydrogen-bond acceptors (Lipinski definition) is 3. The molecule has 0 saturated carbocycles. The van der Waals surface area contributed by atoms with Gasteiger partial charge in [0, 0.05) is 5.56 Å². The normalized spacial score (nSPS) is 18.3. The SMILES string of the molecule is COc1cccc(-c2cccc(CCC3(C)Cc4ccccc4C(N)=N3)c2)c1. The van der Waals surface area contributed by atoms with Crippen LogP contribution in [0.2, 0.25) is 0 Å². The molecular formula is C25H26N2O. The lowest BCUT2D eigenvalue weighted by atomic mass is 9.83. The van der Waals surface area contributed by atoms with Crippen LogP contribution in [-0.2, 0) is 12.8 Å². The van der Waals surface area contributed by atoms with Gasteiger partial charge in [-0.2, -0.15) is 0 Å². The van der Waals surface area contributed by atoms with Crippen molar-refractivity contribution in [3.63, 3.8) is 0 Å². The number of aryl methyl sites for hydroxylation is 1. The van der Waals surface area contributed by atoms with E-state index in [2.05, 4.69) is 61.5 Å². The molecule has 1 aliphatic heterocycles. The molecule has 3 aromatic carbocycles. The van der Waals surface area contributed by atoms with Crippen molar-refractivity contribution in [3.05, 3.63) is 89.5 Å². The third-order valence-electron chi connectivity index (χ3n) is 5.54. The number of methoxy groups -OCH3 is 1. The van der Waals surface area contributed by atoms with Crippen molar-refractivity contribution < 1.29 is 4.74 Å². The highest BCUT2D eigenvalue weighted by molar-refractivity contribution is 6.00. The van der Waals surface area contributed by atoms with Gasteiger partial charge < -0.3 is 10.5 Å². The van der Waals surface area contributed by atoms with Crippen molar-refractivity contribution >= 4 is 5.84 Å². The van der Waals surface area contributed by atoms with Gasteiger partial charge in [-0.15, -0.1) is 0 Å². The molecule has 0 aromatic heterocycles. The molecule has 0 radical (unpaired) electrons. The van der Waals surface area contributed by atoms with Crippen LogP contribution in [0.15, 0.2) is 77.8 Å². The van der Waals surface area contributed by atoms with Crippen molar-refractivity contribution in [2.45, 2.75) is 31.7 Å². The van der Waals surface area contributed by atoms with Crippen LogP contribution >= 0.6 is 0 Å². The first-order valence-corrected chi connectivity index (χ1v) is 9.73. The van der Waals surface area contributed by atoms with E-state index in [0.29, 0.717) is 5.84 Å². The minimum Gasteiger partial charge on any atom is -0.497 e. The molecule has 0 spiro atoms. The van der Waals surface area contributed by atoms with Crippen molar-refractivity contribution in [2.75, 3.05) is 7.11 Å². The Kier molecular flexibility index (Phi) is 4.91. The molecule has 0 saturated heterocycles. The third-order valence-corrected chi connectivity index (χ3v) is 5.54. The number of ether oxygens (including phenoxy) is 1. The van der Waals surface area contributed by atoms with Gasteiger partial charge in [0.1, 0.15) is 11.6 Å². The van der Waals surface area contributed by atoms with Crippen LogP contribution in [0.25, 0.3) is 11.1 Å². The summed E-state index contributed by atoms with van der Waals surface area (Å²) in [5.74, 6) is 1.54. The number of benzene rings is 3. The van der Waals surface area contributed by atoms with Gasteiger partial charge in [0.2, 0.25) is 0 Å². The summed E-state index contributed by atoms with van der Waals surface area (Å²) in [6, 6.07) is 25.2. The molecule has 0 amide bonds. The highest BCUT2D eigenvalue weighted by Gasteiger charge is 2.29. The fraction of sp³-hybridized carbons (Fsp3) is 0.240. The molecule has 1 unspecified atom stereocenters. The zero-order chi connectivity index (χ0) is 19.6. The molecule has 3 aromatic rings. The van der Waals surface area contributed by atoms with Gasteiger partial charge in [0.05, 0.1) is 12.6 Å². The minimum atomic E-state index is -0.162. The van der Waals surface area contributed by atoms with Crippen LogP contribution in [0, 0.1) is 0 Å². The van der Waals surface area contributed by atoms with Gasteiger partial charge in [0.25, 0.3) is 0 Å². The average molecular weight is 370 g/mol. The van der Waals surface area contributed by atoms with Crippen LogP contribution in [0.1, 0.15) is 30.0 Å². The smallest absolute Gasteiger partial charge is 0.126 e. The maximum absolute atomic E-state index is 6.26. The zero-order valence-electron chi connectivity index (χ0n) is 16.5. The molecule has 1 aliphatic rings. The Morgan fingerprint density at radius 2 is 1.71 bits per heavy atom. The average Bonchev–Trinajstić information content (AvgIpc) is 2.72. The molecule has 0 bridgehead atoms. The molecule has 1 heterocycles. The Morgan fingerprint density at radius 3 is 2.54 bits per heavy atom. The van der Waals surface area contributed by atoms with E-state index in [1.54, 1.807) is 7.11 Å². The number of hydrogen-bond donors (Lipinski definition) is 1. The molecular weight excluding hydrogens is 344 g/mol. The fourth-order valence-electron chi connectivity index (χ4n) is 3.99. The maximum atomic E-state index is 6.26. The van der Waals surface area contributed by atoms with Crippen molar-refractivity contribution in [2.24, 2.45) is 10.7 Å². The Labute approximate surface area is 166 Å². The Morgan fingerprint density at radius 1 is 0.964 bits per heavy atom. The number of fused-ring (bicyclic) bond motifs is 1. The largest absolute Gasteiger partial charge is 0.497 e. The van der Waals surface area contributed by atoms with Crippen LogP contribution < -0.4 is 10.5 Å². The zero-order valence-corrected chi connectivity index (χ0v) is 16.5. The number of nitrogens with two attached hydrogens (primary N) is 1. The van der Waals surface area contributed by atoms with E-state index in [-0.39, 0.29) is 5.54 Å². The van der Waals surface area contributed by atoms with E-state index in [1.165, 1.54) is 22.3 Å². The molecule has 0 fully saturated rings. The lowest BCUT2D eigenvalue weighted by Gasteiger charge is -2.31. The lowest BCUT2D eigenvalue weighted by Crippen LogP contribution is -2.35. The van der Waals surface area contributed by atoms with E-state index < -0.39 is 0 Å². The number of amidine groups is 1. The second-order valence-electron chi connectivity index (χ2n) is 7.76. The van der Waals surface area contributed by atoms with Crippen molar-refractivity contribution in [3.8, 4) is 16.9 Å². The monoisotopic (exact) mass is 370 g/mol. The Hall–Kier alpha value is -3.07.